The molecular weight excluding hydrogens is 108 g/mol. The minimum atomic E-state index is 0.229. The Morgan fingerprint density at radius 1 is 1.75 bits per heavy atom. The summed E-state index contributed by atoms with van der Waals surface area (Å²) in [5.41, 5.74) is 0. The molecule has 5 nitrogen and oxygen atoms in total. The summed E-state index contributed by atoms with van der Waals surface area (Å²) in [6, 6.07) is 0. The van der Waals surface area contributed by atoms with Gasteiger partial charge in [0.05, 0.1) is 0 Å². The van der Waals surface area contributed by atoms with Gasteiger partial charge in [0.1, 0.15) is 19.2 Å². The molecule has 8 heavy (non-hydrogen) atoms. The highest BCUT2D eigenvalue weighted by Crippen LogP contribution is 1.69. The zero-order valence-electron chi connectivity index (χ0n) is 4.06. The molecule has 0 aliphatic carbocycles. The van der Waals surface area contributed by atoms with Crippen molar-refractivity contribution in [2.75, 3.05) is 0 Å². The maximum absolute atomic E-state index is 9.76. The summed E-state index contributed by atoms with van der Waals surface area (Å²) < 4.78 is 1.34. The first-order valence-electron chi connectivity index (χ1n) is 2.08. The lowest BCUT2D eigenvalue weighted by atomic mass is 10.7. The van der Waals surface area contributed by atoms with E-state index in [2.05, 4.69) is 15.5 Å². The molecule has 0 fully saturated rings. The number of aromatic nitrogens is 4. The van der Waals surface area contributed by atoms with Crippen molar-refractivity contribution in [3.63, 3.8) is 0 Å². The molecule has 0 saturated heterocycles. The van der Waals surface area contributed by atoms with E-state index in [0.29, 0.717) is 0 Å². The summed E-state index contributed by atoms with van der Waals surface area (Å²) in [7, 11) is 0. The lowest BCUT2D eigenvalue weighted by Crippen LogP contribution is -1.98. The lowest BCUT2D eigenvalue weighted by molar-refractivity contribution is -0.108. The Balaban J connectivity index is 2.62. The molecule has 0 aliphatic heterocycles. The van der Waals surface area contributed by atoms with Gasteiger partial charge in [0.25, 0.3) is 0 Å². The number of tetrazole rings is 1. The van der Waals surface area contributed by atoms with Gasteiger partial charge >= 0.3 is 0 Å². The average molecular weight is 112 g/mol. The molecule has 0 amide bonds. The number of rotatable bonds is 2. The molecule has 0 spiro atoms. The normalized spacial score (nSPS) is 9.00. The third-order valence-electron chi connectivity index (χ3n) is 0.653. The minimum Gasteiger partial charge on any atom is -0.301 e. The third kappa shape index (κ3) is 0.868. The molecular formula is C3H4N4O. The van der Waals surface area contributed by atoms with Crippen LogP contribution in [0.4, 0.5) is 0 Å². The summed E-state index contributed by atoms with van der Waals surface area (Å²) in [5.74, 6) is 0. The largest absolute Gasteiger partial charge is 0.301 e. The number of hydrogen-bond donors (Lipinski definition) is 0. The number of nitrogens with zero attached hydrogens (tertiary/aromatic N) is 4. The fraction of sp³-hybridized carbons (Fsp3) is 0.333. The average Bonchev–Trinajstić information content (AvgIpc) is 2.19. The van der Waals surface area contributed by atoms with Gasteiger partial charge in [0.15, 0.2) is 0 Å². The Morgan fingerprint density at radius 3 is 3.12 bits per heavy atom. The molecule has 1 heterocycles. The fourth-order valence-corrected chi connectivity index (χ4v) is 0.340. The number of carbonyl (C=O) groups excluding carboxylic acids is 1. The highest BCUT2D eigenvalue weighted by atomic mass is 16.1. The van der Waals surface area contributed by atoms with Crippen LogP contribution >= 0.6 is 0 Å². The molecule has 1 rings (SSSR count). The van der Waals surface area contributed by atoms with Gasteiger partial charge in [-0.2, -0.15) is 0 Å². The van der Waals surface area contributed by atoms with Crippen LogP contribution in [0.1, 0.15) is 0 Å². The van der Waals surface area contributed by atoms with Gasteiger partial charge in [0, 0.05) is 0 Å². The van der Waals surface area contributed by atoms with Crippen LogP contribution in [0.3, 0.4) is 0 Å². The third-order valence-corrected chi connectivity index (χ3v) is 0.653. The van der Waals surface area contributed by atoms with E-state index >= 15 is 0 Å². The smallest absolute Gasteiger partial charge is 0.141 e. The van der Waals surface area contributed by atoms with Crippen molar-refractivity contribution in [3.05, 3.63) is 6.33 Å². The van der Waals surface area contributed by atoms with Crippen molar-refractivity contribution in [1.82, 2.24) is 20.2 Å². The molecule has 5 heteroatoms. The summed E-state index contributed by atoms with van der Waals surface area (Å²) >= 11 is 0. The van der Waals surface area contributed by atoms with Crippen molar-refractivity contribution < 1.29 is 4.79 Å². The SMILES string of the molecule is O=CCn1cnnn1. The molecule has 0 radical (unpaired) electrons. The quantitative estimate of drug-likeness (QED) is 0.454. The van der Waals surface area contributed by atoms with Crippen LogP contribution in [0.2, 0.25) is 0 Å². The molecule has 0 aromatic carbocycles. The van der Waals surface area contributed by atoms with E-state index in [0.717, 1.165) is 6.29 Å². The van der Waals surface area contributed by atoms with Gasteiger partial charge < -0.3 is 4.79 Å². The Bertz CT molecular complexity index is 158. The van der Waals surface area contributed by atoms with Crippen LogP contribution in [0.5, 0.6) is 0 Å². The molecule has 0 bridgehead atoms. The summed E-state index contributed by atoms with van der Waals surface area (Å²) in [5, 5.41) is 10.1. The Morgan fingerprint density at radius 2 is 2.62 bits per heavy atom. The maximum Gasteiger partial charge on any atom is 0.141 e. The Kier molecular flexibility index (Phi) is 1.32. The predicted molar refractivity (Wildman–Crippen MR) is 23.9 cm³/mol. The fourth-order valence-electron chi connectivity index (χ4n) is 0.340. The highest BCUT2D eigenvalue weighted by Gasteiger charge is 1.85. The number of hydrogen-bond acceptors (Lipinski definition) is 4. The zero-order valence-corrected chi connectivity index (χ0v) is 4.06. The topological polar surface area (TPSA) is 60.7 Å². The van der Waals surface area contributed by atoms with Crippen LogP contribution in [0.15, 0.2) is 6.33 Å². The van der Waals surface area contributed by atoms with E-state index in [9.17, 15) is 4.79 Å². The van der Waals surface area contributed by atoms with Gasteiger partial charge in [-0.15, -0.1) is 5.10 Å². The Labute approximate surface area is 45.3 Å². The van der Waals surface area contributed by atoms with E-state index in [4.69, 9.17) is 0 Å². The highest BCUT2D eigenvalue weighted by molar-refractivity contribution is 5.48. The van der Waals surface area contributed by atoms with Crippen LogP contribution in [0.25, 0.3) is 0 Å². The molecule has 1 aromatic rings. The standard InChI is InChI=1S/C3H4N4O/c8-2-1-7-3-4-5-6-7/h2-3H,1H2. The van der Waals surface area contributed by atoms with E-state index in [1.54, 1.807) is 0 Å². The molecule has 0 unspecified atom stereocenters. The van der Waals surface area contributed by atoms with Gasteiger partial charge in [-0.3, -0.25) is 0 Å². The van der Waals surface area contributed by atoms with Crippen molar-refractivity contribution in [3.8, 4) is 0 Å². The van der Waals surface area contributed by atoms with Crippen molar-refractivity contribution in [2.45, 2.75) is 6.54 Å². The van der Waals surface area contributed by atoms with Crippen molar-refractivity contribution in [1.29, 1.82) is 0 Å². The first-order chi connectivity index (χ1) is 3.93. The van der Waals surface area contributed by atoms with Crippen LogP contribution < -0.4 is 0 Å². The van der Waals surface area contributed by atoms with E-state index in [1.807, 2.05) is 0 Å². The monoisotopic (exact) mass is 112 g/mol. The molecule has 42 valence electrons. The van der Waals surface area contributed by atoms with Crippen LogP contribution in [-0.4, -0.2) is 26.5 Å². The van der Waals surface area contributed by atoms with Crippen LogP contribution in [-0.2, 0) is 11.3 Å². The zero-order chi connectivity index (χ0) is 5.82. The van der Waals surface area contributed by atoms with Crippen molar-refractivity contribution in [2.24, 2.45) is 0 Å². The second-order valence-electron chi connectivity index (χ2n) is 1.20. The van der Waals surface area contributed by atoms with Gasteiger partial charge in [-0.25, -0.2) is 4.68 Å². The van der Waals surface area contributed by atoms with Crippen LogP contribution in [0, 0.1) is 0 Å². The number of aldehydes is 1. The summed E-state index contributed by atoms with van der Waals surface area (Å²) in [6.07, 6.45) is 2.12. The molecule has 1 aromatic heterocycles. The maximum atomic E-state index is 9.76. The van der Waals surface area contributed by atoms with E-state index in [-0.39, 0.29) is 6.54 Å². The van der Waals surface area contributed by atoms with Gasteiger partial charge in [-0.1, -0.05) is 0 Å². The molecule has 0 aliphatic rings. The minimum absolute atomic E-state index is 0.229. The predicted octanol–water partition coefficient (Wildman–Crippen LogP) is -1.13. The first-order valence-corrected chi connectivity index (χ1v) is 2.08. The summed E-state index contributed by atoms with van der Waals surface area (Å²) in [4.78, 5) is 9.76. The second kappa shape index (κ2) is 2.15. The molecule has 0 N–H and O–H groups in total. The van der Waals surface area contributed by atoms with E-state index in [1.165, 1.54) is 11.0 Å². The first kappa shape index (κ1) is 4.89. The molecule has 0 atom stereocenters. The van der Waals surface area contributed by atoms with E-state index < -0.39 is 0 Å². The number of carbonyl (C=O) groups is 1. The summed E-state index contributed by atoms with van der Waals surface area (Å²) in [6.45, 7) is 0.229. The molecule has 0 saturated carbocycles. The Hall–Kier alpha value is -1.26. The lowest BCUT2D eigenvalue weighted by Gasteiger charge is -1.82. The second-order valence-corrected chi connectivity index (χ2v) is 1.20. The van der Waals surface area contributed by atoms with Crippen molar-refractivity contribution >= 4 is 6.29 Å². The van der Waals surface area contributed by atoms with Gasteiger partial charge in [0.2, 0.25) is 0 Å². The van der Waals surface area contributed by atoms with Gasteiger partial charge in [-0.05, 0) is 10.4 Å².